The van der Waals surface area contributed by atoms with Crippen molar-refractivity contribution in [3.8, 4) is 0 Å². The second-order valence-electron chi connectivity index (χ2n) is 18.6. The molecule has 2 aliphatic rings. The summed E-state index contributed by atoms with van der Waals surface area (Å²) in [6.45, 7) is 8.76. The van der Waals surface area contributed by atoms with Crippen LogP contribution in [0.4, 0.5) is 0 Å². The highest BCUT2D eigenvalue weighted by atomic mass is 16.6. The number of fused-ring (bicyclic) bond motifs is 2. The molecule has 0 aliphatic carbocycles. The van der Waals surface area contributed by atoms with E-state index in [4.69, 9.17) is 75.8 Å². The molecule has 0 aromatic heterocycles. The van der Waals surface area contributed by atoms with Crippen LogP contribution in [0.25, 0.3) is 43.1 Å². The molecule has 2 heterocycles. The smallest absolute Gasteiger partial charge is 0.261 e. The molecule has 22 nitrogen and oxygen atoms in total. The summed E-state index contributed by atoms with van der Waals surface area (Å²) in [5.41, 5.74) is 1.39. The van der Waals surface area contributed by atoms with Crippen molar-refractivity contribution in [2.45, 2.75) is 12.1 Å². The molecule has 440 valence electrons. The third kappa shape index (κ3) is 16.6. The molecule has 0 unspecified atom stereocenters. The molecule has 0 saturated heterocycles. The number of carbonyl (C=O) groups excluding carboxylic acids is 4. The van der Waals surface area contributed by atoms with E-state index in [9.17, 15) is 19.2 Å². The molecule has 80 heavy (non-hydrogen) atoms. The Labute approximate surface area is 466 Å². The van der Waals surface area contributed by atoms with E-state index >= 15 is 0 Å². The number of hydrogen-bond acceptors (Lipinski definition) is 20. The van der Waals surface area contributed by atoms with Gasteiger partial charge in [-0.2, -0.15) is 0 Å². The van der Waals surface area contributed by atoms with Gasteiger partial charge in [-0.05, 0) is 56.6 Å². The van der Waals surface area contributed by atoms with Crippen molar-refractivity contribution in [3.05, 3.63) is 70.8 Å². The van der Waals surface area contributed by atoms with Crippen LogP contribution in [0.5, 0.6) is 0 Å². The number of ether oxygens (including phenoxy) is 16. The number of hydrogen-bond donors (Lipinski definition) is 0. The van der Waals surface area contributed by atoms with Crippen molar-refractivity contribution in [2.75, 3.05) is 213 Å². The first-order valence-corrected chi connectivity index (χ1v) is 27.2. The third-order valence-electron chi connectivity index (χ3n) is 13.4. The van der Waals surface area contributed by atoms with Gasteiger partial charge in [-0.1, -0.05) is 24.3 Å². The van der Waals surface area contributed by atoms with Crippen molar-refractivity contribution < 1.29 is 95.0 Å². The van der Waals surface area contributed by atoms with Crippen LogP contribution < -0.4 is 0 Å². The van der Waals surface area contributed by atoms with Crippen LogP contribution in [0.3, 0.4) is 0 Å². The molecule has 5 aromatic carbocycles. The molecule has 7 rings (SSSR count). The van der Waals surface area contributed by atoms with E-state index in [2.05, 4.69) is 0 Å². The topological polar surface area (TPSA) is 222 Å². The molecule has 22 heteroatoms. The van der Waals surface area contributed by atoms with Crippen molar-refractivity contribution in [1.82, 2.24) is 9.80 Å². The molecule has 0 atom stereocenters. The number of amides is 4. The standard InChI is InChI=1S/C58H78N2O20/c1-65-13-17-69-21-25-73-29-33-77-37-41(38-78-34-30-74-26-22-70-18-14-66-2)59-55(61)47-9-5-43-45-7-11-49-54-50(12-8-46(52(45)54)44-6-10-48(56(59)62)53(47)51(43)44)58(64)60(57(49)63)42(39-79-35-31-75-27-23-71-19-15-67-3)40-80-36-32-76-28-24-72-20-16-68-4/h5-12,41-42H,13-40H2,1-4H3. The first-order chi connectivity index (χ1) is 39.4. The van der Waals surface area contributed by atoms with E-state index in [-0.39, 0.29) is 79.3 Å². The van der Waals surface area contributed by atoms with Crippen LogP contribution in [0.1, 0.15) is 41.4 Å². The quantitative estimate of drug-likeness (QED) is 0.0227. The lowest BCUT2D eigenvalue weighted by atomic mass is 9.82. The third-order valence-corrected chi connectivity index (χ3v) is 13.4. The Bertz CT molecular complexity index is 2360. The van der Waals surface area contributed by atoms with Gasteiger partial charge in [-0.3, -0.25) is 29.0 Å². The second kappa shape index (κ2) is 34.5. The number of rotatable bonds is 46. The van der Waals surface area contributed by atoms with Gasteiger partial charge < -0.3 is 75.8 Å². The lowest BCUT2D eigenvalue weighted by Gasteiger charge is -2.35. The Balaban J connectivity index is 1.09. The average molecular weight is 1120 g/mol. The minimum Gasteiger partial charge on any atom is -0.382 e. The highest BCUT2D eigenvalue weighted by molar-refractivity contribution is 6.41. The van der Waals surface area contributed by atoms with E-state index in [0.717, 1.165) is 32.3 Å². The zero-order valence-electron chi connectivity index (χ0n) is 46.6. The van der Waals surface area contributed by atoms with Crippen molar-refractivity contribution >= 4 is 66.7 Å². The maximum atomic E-state index is 14.8. The molecule has 0 saturated carbocycles. The van der Waals surface area contributed by atoms with Gasteiger partial charge in [0, 0.05) is 61.5 Å². The van der Waals surface area contributed by atoms with Gasteiger partial charge in [0.1, 0.15) is 0 Å². The molecule has 0 radical (unpaired) electrons. The van der Waals surface area contributed by atoms with Gasteiger partial charge in [-0.25, -0.2) is 0 Å². The van der Waals surface area contributed by atoms with Crippen LogP contribution in [-0.4, -0.2) is 259 Å². The first kappa shape index (κ1) is 62.6. The molecule has 5 aromatic rings. The summed E-state index contributed by atoms with van der Waals surface area (Å²) in [4.78, 5) is 61.6. The molecule has 2 aliphatic heterocycles. The zero-order chi connectivity index (χ0) is 56.3. The Morgan fingerprint density at radius 2 is 0.450 bits per heavy atom. The summed E-state index contributed by atoms with van der Waals surface area (Å²) in [7, 11) is 6.43. The number of carbonyl (C=O) groups is 4. The average Bonchev–Trinajstić information content (AvgIpc) is 3.14. The minimum absolute atomic E-state index is 0.00727. The van der Waals surface area contributed by atoms with Gasteiger partial charge in [0.15, 0.2) is 0 Å². The highest BCUT2D eigenvalue weighted by Gasteiger charge is 2.41. The van der Waals surface area contributed by atoms with E-state index in [1.54, 1.807) is 52.7 Å². The van der Waals surface area contributed by atoms with Crippen LogP contribution in [0.2, 0.25) is 0 Å². The van der Waals surface area contributed by atoms with Crippen LogP contribution in [0.15, 0.2) is 48.5 Å². The van der Waals surface area contributed by atoms with Crippen LogP contribution in [0, 0.1) is 0 Å². The lowest BCUT2D eigenvalue weighted by Crippen LogP contribution is -2.51. The number of imide groups is 2. The predicted octanol–water partition coefficient (Wildman–Crippen LogP) is 4.45. The van der Waals surface area contributed by atoms with Gasteiger partial charge >= 0.3 is 0 Å². The largest absolute Gasteiger partial charge is 0.382 e. The first-order valence-electron chi connectivity index (χ1n) is 27.2. The summed E-state index contributed by atoms with van der Waals surface area (Å²) < 4.78 is 88.7. The van der Waals surface area contributed by atoms with E-state index in [1.165, 1.54) is 9.80 Å². The Kier molecular flexibility index (Phi) is 27.0. The molecular formula is C58H78N2O20. The van der Waals surface area contributed by atoms with E-state index in [1.807, 2.05) is 24.3 Å². The minimum atomic E-state index is -0.795. The molecule has 0 bridgehead atoms. The second-order valence-corrected chi connectivity index (χ2v) is 18.6. The van der Waals surface area contributed by atoms with E-state index in [0.29, 0.717) is 139 Å². The Morgan fingerprint density at radius 1 is 0.263 bits per heavy atom. The number of methoxy groups -OCH3 is 4. The summed E-state index contributed by atoms with van der Waals surface area (Å²) >= 11 is 0. The molecular weight excluding hydrogens is 1040 g/mol. The fourth-order valence-corrected chi connectivity index (χ4v) is 9.57. The molecule has 0 spiro atoms. The molecule has 4 amide bonds. The summed E-state index contributed by atoms with van der Waals surface area (Å²) in [5.74, 6) is -1.95. The molecule has 0 fully saturated rings. The normalized spacial score (nSPS) is 13.7. The number of benzene rings is 5. The monoisotopic (exact) mass is 1120 g/mol. The van der Waals surface area contributed by atoms with Crippen LogP contribution >= 0.6 is 0 Å². The van der Waals surface area contributed by atoms with Gasteiger partial charge in [0.2, 0.25) is 0 Å². The number of nitrogens with zero attached hydrogens (tertiary/aromatic N) is 2. The van der Waals surface area contributed by atoms with Crippen molar-refractivity contribution in [3.63, 3.8) is 0 Å². The predicted molar refractivity (Wildman–Crippen MR) is 294 cm³/mol. The lowest BCUT2D eigenvalue weighted by molar-refractivity contribution is -0.0277. The van der Waals surface area contributed by atoms with E-state index < -0.39 is 35.7 Å². The summed E-state index contributed by atoms with van der Waals surface area (Å²) in [5, 5.41) is 5.54. The fraction of sp³-hybridized carbons (Fsp3) is 0.586. The van der Waals surface area contributed by atoms with Gasteiger partial charge in [0.05, 0.1) is 197 Å². The van der Waals surface area contributed by atoms with Gasteiger partial charge in [-0.15, -0.1) is 0 Å². The molecule has 0 N–H and O–H groups in total. The fourth-order valence-electron chi connectivity index (χ4n) is 9.57. The van der Waals surface area contributed by atoms with Crippen molar-refractivity contribution in [1.29, 1.82) is 0 Å². The highest BCUT2D eigenvalue weighted by Crippen LogP contribution is 2.46. The summed E-state index contributed by atoms with van der Waals surface area (Å²) in [6, 6.07) is 12.9. The zero-order valence-corrected chi connectivity index (χ0v) is 46.6. The SMILES string of the molecule is COCCOCCOCCOCC(COCCOCCOCCOC)N1C(=O)c2ccc3c4ccc5c6c(ccc(c7ccc(c2c37)C1=O)c64)C(=O)N(C(COCCOCCOCCOC)COCCOCCOCCOC)C5=O. The maximum Gasteiger partial charge on any atom is 0.261 e. The van der Waals surface area contributed by atoms with Crippen LogP contribution in [-0.2, 0) is 75.8 Å². The summed E-state index contributed by atoms with van der Waals surface area (Å²) in [6.07, 6.45) is 0. The Hall–Kier alpha value is -4.96. The Morgan fingerprint density at radius 3 is 0.650 bits per heavy atom. The van der Waals surface area contributed by atoms with Gasteiger partial charge in [0.25, 0.3) is 23.6 Å². The maximum absolute atomic E-state index is 14.8. The van der Waals surface area contributed by atoms with Crippen molar-refractivity contribution in [2.24, 2.45) is 0 Å².